The minimum absolute atomic E-state index is 0.0895. The van der Waals surface area contributed by atoms with E-state index in [0.29, 0.717) is 29.8 Å². The third kappa shape index (κ3) is 5.88. The first-order valence-corrected chi connectivity index (χ1v) is 13.1. The third-order valence-corrected chi connectivity index (χ3v) is 7.13. The molecule has 0 bridgehead atoms. The molecule has 2 aromatic carbocycles. The molecule has 1 fully saturated rings. The Hall–Kier alpha value is -2.80. The van der Waals surface area contributed by atoms with Crippen molar-refractivity contribution in [3.8, 4) is 5.75 Å². The van der Waals surface area contributed by atoms with Crippen molar-refractivity contribution in [1.29, 1.82) is 0 Å². The van der Waals surface area contributed by atoms with Crippen molar-refractivity contribution >= 4 is 33.3 Å². The fourth-order valence-corrected chi connectivity index (χ4v) is 4.51. The number of carbonyl (C=O) groups excluding carboxylic acids is 3. The molecule has 2 aromatic rings. The van der Waals surface area contributed by atoms with Crippen LogP contribution in [-0.4, -0.2) is 43.5 Å². The zero-order chi connectivity index (χ0) is 22.6. The van der Waals surface area contributed by atoms with Crippen LogP contribution in [0.25, 0.3) is 0 Å². The molecule has 6 nitrogen and oxygen atoms in total. The smallest absolute Gasteiger partial charge is 0.251 e. The van der Waals surface area contributed by atoms with Gasteiger partial charge in [-0.3, -0.25) is 14.4 Å². The third-order valence-electron chi connectivity index (χ3n) is 5.44. The van der Waals surface area contributed by atoms with Crippen molar-refractivity contribution in [1.82, 2.24) is 5.32 Å². The summed E-state index contributed by atoms with van der Waals surface area (Å²) >= 11 is 0. The molecule has 7 heteroatoms. The number of hydrogen-bond acceptors (Lipinski definition) is 4. The lowest BCUT2D eigenvalue weighted by Crippen LogP contribution is -2.39. The monoisotopic (exact) mass is 442 g/mol. The highest BCUT2D eigenvalue weighted by Gasteiger charge is 2.31. The molecule has 166 valence electrons. The first-order chi connectivity index (χ1) is 14.7. The highest BCUT2D eigenvalue weighted by molar-refractivity contribution is 8.32. The van der Waals surface area contributed by atoms with E-state index in [-0.39, 0.29) is 29.9 Å². The molecule has 31 heavy (non-hydrogen) atoms. The second-order valence-electron chi connectivity index (χ2n) is 8.54. The van der Waals surface area contributed by atoms with Gasteiger partial charge in [0.2, 0.25) is 5.91 Å². The first kappa shape index (κ1) is 22.9. The fourth-order valence-electron chi connectivity index (χ4n) is 3.56. The van der Waals surface area contributed by atoms with E-state index in [1.165, 1.54) is 4.90 Å². The van der Waals surface area contributed by atoms with Gasteiger partial charge in [0.25, 0.3) is 5.91 Å². The molecule has 0 aromatic heterocycles. The van der Waals surface area contributed by atoms with E-state index in [9.17, 15) is 14.4 Å². The Bertz CT molecular complexity index is 949. The summed E-state index contributed by atoms with van der Waals surface area (Å²) in [6.45, 7) is 0. The van der Waals surface area contributed by atoms with E-state index in [4.69, 9.17) is 4.74 Å². The number of benzene rings is 2. The number of anilines is 1. The number of Topliss-reactive ketones (excluding diaryl/α,β-unsaturated/α-hetero) is 1. The normalized spacial score (nSPS) is 17.7. The Morgan fingerprint density at radius 2 is 1.68 bits per heavy atom. The van der Waals surface area contributed by atoms with E-state index in [2.05, 4.69) is 29.4 Å². The van der Waals surface area contributed by atoms with Crippen molar-refractivity contribution in [2.24, 2.45) is 5.92 Å². The maximum Gasteiger partial charge on any atom is 0.251 e. The van der Waals surface area contributed by atoms with Crippen LogP contribution in [0.2, 0.25) is 0 Å². The van der Waals surface area contributed by atoms with E-state index in [1.807, 2.05) is 24.3 Å². The molecular formula is C24H30N2O4S. The maximum absolute atomic E-state index is 13.1. The van der Waals surface area contributed by atoms with Crippen LogP contribution in [0.3, 0.4) is 0 Å². The molecular weight excluding hydrogens is 412 g/mol. The van der Waals surface area contributed by atoms with Gasteiger partial charge in [-0.05, 0) is 72.0 Å². The predicted octanol–water partition coefficient (Wildman–Crippen LogP) is 3.91. The van der Waals surface area contributed by atoms with E-state index >= 15 is 0 Å². The largest absolute Gasteiger partial charge is 0.497 e. The van der Waals surface area contributed by atoms with Crippen LogP contribution in [0.15, 0.2) is 53.4 Å². The van der Waals surface area contributed by atoms with Gasteiger partial charge in [0.1, 0.15) is 17.6 Å². The molecule has 1 aliphatic rings. The van der Waals surface area contributed by atoms with Crippen LogP contribution >= 0.6 is 10.0 Å². The molecule has 0 spiro atoms. The van der Waals surface area contributed by atoms with Crippen molar-refractivity contribution in [2.45, 2.75) is 30.2 Å². The number of ketones is 1. The molecule has 1 saturated carbocycles. The molecule has 0 heterocycles. The van der Waals surface area contributed by atoms with E-state index in [1.54, 1.807) is 31.4 Å². The standard InChI is InChI=1S/C24H30N2O4S/c1-30-20-11-6-16(7-12-20)22(26-23(28)17-5-10-19(27)15-17)24(29)25-18-8-13-21(14-9-18)31(2,3)4/h6-9,11-14,17,22H,5,10,15H2,1-4H3,(H,25,29)(H,26,28). The van der Waals surface area contributed by atoms with Crippen LogP contribution in [0.5, 0.6) is 5.75 Å². The van der Waals surface area contributed by atoms with Crippen molar-refractivity contribution in [3.63, 3.8) is 0 Å². The van der Waals surface area contributed by atoms with Gasteiger partial charge < -0.3 is 15.4 Å². The zero-order valence-corrected chi connectivity index (χ0v) is 19.3. The van der Waals surface area contributed by atoms with Crippen LogP contribution < -0.4 is 15.4 Å². The van der Waals surface area contributed by atoms with Gasteiger partial charge in [-0.25, -0.2) is 10.0 Å². The second kappa shape index (κ2) is 9.56. The van der Waals surface area contributed by atoms with Gasteiger partial charge in [-0.15, -0.1) is 0 Å². The summed E-state index contributed by atoms with van der Waals surface area (Å²) < 4.78 is 5.19. The Balaban J connectivity index is 1.79. The molecule has 0 radical (unpaired) electrons. The van der Waals surface area contributed by atoms with Gasteiger partial charge in [0.05, 0.1) is 7.11 Å². The number of hydrogen-bond donors (Lipinski definition) is 2. The fraction of sp³-hybridized carbons (Fsp3) is 0.375. The number of nitrogens with one attached hydrogen (secondary N) is 2. The molecule has 1 aliphatic carbocycles. The van der Waals surface area contributed by atoms with Crippen molar-refractivity contribution in [3.05, 3.63) is 54.1 Å². The Morgan fingerprint density at radius 1 is 1.03 bits per heavy atom. The van der Waals surface area contributed by atoms with Gasteiger partial charge in [-0.1, -0.05) is 12.1 Å². The maximum atomic E-state index is 13.1. The lowest BCUT2D eigenvalue weighted by molar-refractivity contribution is -0.130. The first-order valence-electron chi connectivity index (χ1n) is 10.2. The Morgan fingerprint density at radius 3 is 2.19 bits per heavy atom. The van der Waals surface area contributed by atoms with Gasteiger partial charge in [0.15, 0.2) is 0 Å². The number of amides is 2. The topological polar surface area (TPSA) is 84.5 Å². The lowest BCUT2D eigenvalue weighted by Gasteiger charge is -2.26. The molecule has 2 atom stereocenters. The van der Waals surface area contributed by atoms with Crippen LogP contribution in [0.4, 0.5) is 5.69 Å². The highest BCUT2D eigenvalue weighted by atomic mass is 32.3. The molecule has 3 rings (SSSR count). The quantitative estimate of drug-likeness (QED) is 0.681. The Labute approximate surface area is 185 Å². The number of carbonyl (C=O) groups is 3. The number of methoxy groups -OCH3 is 1. The molecule has 2 unspecified atom stereocenters. The van der Waals surface area contributed by atoms with E-state index in [0.717, 1.165) is 0 Å². The summed E-state index contributed by atoms with van der Waals surface area (Å²) in [4.78, 5) is 38.7. The second-order valence-corrected chi connectivity index (χ2v) is 12.7. The molecule has 0 aliphatic heterocycles. The predicted molar refractivity (Wildman–Crippen MR) is 125 cm³/mol. The minimum Gasteiger partial charge on any atom is -0.497 e. The van der Waals surface area contributed by atoms with Gasteiger partial charge in [0, 0.05) is 24.4 Å². The van der Waals surface area contributed by atoms with E-state index < -0.39 is 16.1 Å². The highest BCUT2D eigenvalue weighted by Crippen LogP contribution is 2.45. The van der Waals surface area contributed by atoms with Gasteiger partial charge in [-0.2, -0.15) is 0 Å². The summed E-state index contributed by atoms with van der Waals surface area (Å²) in [5.74, 6) is -0.232. The minimum atomic E-state index is -0.873. The molecule has 2 amide bonds. The van der Waals surface area contributed by atoms with Crippen molar-refractivity contribution in [2.75, 3.05) is 31.2 Å². The number of ether oxygens (including phenoxy) is 1. The lowest BCUT2D eigenvalue weighted by atomic mass is 10.0. The summed E-state index contributed by atoms with van der Waals surface area (Å²) in [6, 6.07) is 14.0. The average Bonchev–Trinajstić information content (AvgIpc) is 3.18. The van der Waals surface area contributed by atoms with Gasteiger partial charge >= 0.3 is 0 Å². The Kier molecular flexibility index (Phi) is 7.05. The van der Waals surface area contributed by atoms with Crippen LogP contribution in [-0.2, 0) is 14.4 Å². The summed E-state index contributed by atoms with van der Waals surface area (Å²) in [7, 11) is 0.717. The molecule has 0 saturated heterocycles. The zero-order valence-electron chi connectivity index (χ0n) is 18.4. The van der Waals surface area contributed by atoms with Crippen LogP contribution in [0, 0.1) is 5.92 Å². The summed E-state index contributed by atoms with van der Waals surface area (Å²) in [5, 5.41) is 5.76. The van der Waals surface area contributed by atoms with Crippen molar-refractivity contribution < 1.29 is 19.1 Å². The number of rotatable bonds is 7. The summed E-state index contributed by atoms with van der Waals surface area (Å²) in [5.41, 5.74) is 1.31. The van der Waals surface area contributed by atoms with Crippen LogP contribution in [0.1, 0.15) is 30.9 Å². The summed E-state index contributed by atoms with van der Waals surface area (Å²) in [6.07, 6.45) is 7.81. The molecule has 2 N–H and O–H groups in total. The SMILES string of the molecule is COc1ccc(C(NC(=O)C2CCC(=O)C2)C(=O)Nc2ccc(S(C)(C)C)cc2)cc1. The average molecular weight is 443 g/mol.